The predicted octanol–water partition coefficient (Wildman–Crippen LogP) is 3.26. The zero-order valence-electron chi connectivity index (χ0n) is 10.00. The van der Waals surface area contributed by atoms with Crippen LogP contribution in [0.25, 0.3) is 11.1 Å². The SMILES string of the molecule is COc1ccc(Cl)cc1-c1cccc(S(=O)(=O)O)c1. The van der Waals surface area contributed by atoms with Crippen LogP contribution >= 0.6 is 11.6 Å². The summed E-state index contributed by atoms with van der Waals surface area (Å²) in [4.78, 5) is -0.174. The minimum absolute atomic E-state index is 0.174. The number of methoxy groups -OCH3 is 1. The fraction of sp³-hybridized carbons (Fsp3) is 0.0769. The van der Waals surface area contributed by atoms with Gasteiger partial charge in [0.15, 0.2) is 0 Å². The Labute approximate surface area is 116 Å². The molecular formula is C13H11ClO4S. The molecule has 0 radical (unpaired) electrons. The summed E-state index contributed by atoms with van der Waals surface area (Å²) in [7, 11) is -2.72. The highest BCUT2D eigenvalue weighted by Gasteiger charge is 2.12. The minimum atomic E-state index is -4.24. The molecule has 0 bridgehead atoms. The van der Waals surface area contributed by atoms with Crippen molar-refractivity contribution in [2.75, 3.05) is 7.11 Å². The molecule has 0 saturated carbocycles. The molecule has 0 aliphatic heterocycles. The molecule has 0 amide bonds. The van der Waals surface area contributed by atoms with Crippen molar-refractivity contribution in [1.29, 1.82) is 0 Å². The van der Waals surface area contributed by atoms with Crippen LogP contribution in [0.2, 0.25) is 5.02 Å². The van der Waals surface area contributed by atoms with E-state index >= 15 is 0 Å². The smallest absolute Gasteiger partial charge is 0.294 e. The van der Waals surface area contributed by atoms with Crippen molar-refractivity contribution in [3.8, 4) is 16.9 Å². The van der Waals surface area contributed by atoms with Crippen LogP contribution in [0.3, 0.4) is 0 Å². The number of benzene rings is 2. The largest absolute Gasteiger partial charge is 0.496 e. The maximum atomic E-state index is 11.1. The summed E-state index contributed by atoms with van der Waals surface area (Å²) in [6.45, 7) is 0. The van der Waals surface area contributed by atoms with Crippen LogP contribution in [0.15, 0.2) is 47.4 Å². The van der Waals surface area contributed by atoms with Crippen LogP contribution in [0.4, 0.5) is 0 Å². The van der Waals surface area contributed by atoms with Crippen molar-refractivity contribution >= 4 is 21.7 Å². The lowest BCUT2D eigenvalue weighted by Crippen LogP contribution is -1.98. The van der Waals surface area contributed by atoms with E-state index in [-0.39, 0.29) is 4.90 Å². The van der Waals surface area contributed by atoms with Crippen LogP contribution in [0.5, 0.6) is 5.75 Å². The van der Waals surface area contributed by atoms with E-state index in [2.05, 4.69) is 0 Å². The minimum Gasteiger partial charge on any atom is -0.496 e. The molecule has 19 heavy (non-hydrogen) atoms. The summed E-state index contributed by atoms with van der Waals surface area (Å²) < 4.78 is 36.5. The van der Waals surface area contributed by atoms with Gasteiger partial charge in [-0.25, -0.2) is 0 Å². The third-order valence-electron chi connectivity index (χ3n) is 2.60. The van der Waals surface area contributed by atoms with E-state index in [4.69, 9.17) is 20.9 Å². The van der Waals surface area contributed by atoms with Gasteiger partial charge in [-0.2, -0.15) is 8.42 Å². The number of hydrogen-bond acceptors (Lipinski definition) is 3. The van der Waals surface area contributed by atoms with E-state index < -0.39 is 10.1 Å². The zero-order chi connectivity index (χ0) is 14.0. The summed E-state index contributed by atoms with van der Waals surface area (Å²) in [5.74, 6) is 0.567. The lowest BCUT2D eigenvalue weighted by atomic mass is 10.0. The first-order valence-electron chi connectivity index (χ1n) is 5.33. The molecule has 100 valence electrons. The van der Waals surface area contributed by atoms with Crippen LogP contribution in [0.1, 0.15) is 0 Å². The Bertz CT molecular complexity index is 710. The second kappa shape index (κ2) is 5.21. The number of halogens is 1. The van der Waals surface area contributed by atoms with Crippen molar-refractivity contribution in [2.45, 2.75) is 4.90 Å². The molecule has 2 aromatic carbocycles. The summed E-state index contributed by atoms with van der Waals surface area (Å²) in [5, 5.41) is 0.507. The van der Waals surface area contributed by atoms with Gasteiger partial charge in [0.1, 0.15) is 5.75 Å². The predicted molar refractivity (Wildman–Crippen MR) is 73.3 cm³/mol. The molecule has 0 aliphatic rings. The Balaban J connectivity index is 2.62. The maximum absolute atomic E-state index is 11.1. The molecule has 0 fully saturated rings. The Kier molecular flexibility index (Phi) is 3.80. The molecular weight excluding hydrogens is 288 g/mol. The monoisotopic (exact) mass is 298 g/mol. The molecule has 0 spiro atoms. The normalized spacial score (nSPS) is 11.3. The second-order valence-electron chi connectivity index (χ2n) is 3.85. The van der Waals surface area contributed by atoms with Crippen molar-refractivity contribution in [3.63, 3.8) is 0 Å². The van der Waals surface area contributed by atoms with E-state index in [1.807, 2.05) is 0 Å². The molecule has 0 heterocycles. The molecule has 0 unspecified atom stereocenters. The van der Waals surface area contributed by atoms with Crippen molar-refractivity contribution in [2.24, 2.45) is 0 Å². The molecule has 1 N–H and O–H groups in total. The van der Waals surface area contributed by atoms with Gasteiger partial charge in [0.05, 0.1) is 12.0 Å². The third kappa shape index (κ3) is 3.07. The van der Waals surface area contributed by atoms with E-state index in [1.54, 1.807) is 30.3 Å². The van der Waals surface area contributed by atoms with Gasteiger partial charge in [-0.1, -0.05) is 23.7 Å². The van der Waals surface area contributed by atoms with Crippen LogP contribution < -0.4 is 4.74 Å². The molecule has 6 heteroatoms. The van der Waals surface area contributed by atoms with Gasteiger partial charge in [-0.15, -0.1) is 0 Å². The lowest BCUT2D eigenvalue weighted by molar-refractivity contribution is 0.416. The number of ether oxygens (including phenoxy) is 1. The Morgan fingerprint density at radius 1 is 1.16 bits per heavy atom. The topological polar surface area (TPSA) is 63.6 Å². The van der Waals surface area contributed by atoms with E-state index in [9.17, 15) is 8.42 Å². The maximum Gasteiger partial charge on any atom is 0.294 e. The van der Waals surface area contributed by atoms with Crippen LogP contribution in [-0.4, -0.2) is 20.1 Å². The molecule has 2 rings (SSSR count). The third-order valence-corrected chi connectivity index (χ3v) is 3.69. The second-order valence-corrected chi connectivity index (χ2v) is 5.71. The highest BCUT2D eigenvalue weighted by atomic mass is 35.5. The number of rotatable bonds is 3. The Morgan fingerprint density at radius 3 is 2.53 bits per heavy atom. The van der Waals surface area contributed by atoms with Gasteiger partial charge < -0.3 is 4.74 Å². The average molecular weight is 299 g/mol. The van der Waals surface area contributed by atoms with Gasteiger partial charge >= 0.3 is 0 Å². The number of hydrogen-bond donors (Lipinski definition) is 1. The van der Waals surface area contributed by atoms with Crippen LogP contribution in [0, 0.1) is 0 Å². The van der Waals surface area contributed by atoms with E-state index in [0.717, 1.165) is 0 Å². The summed E-state index contributed by atoms with van der Waals surface area (Å²) >= 11 is 5.93. The molecule has 0 aromatic heterocycles. The first-order chi connectivity index (χ1) is 8.91. The molecule has 4 nitrogen and oxygen atoms in total. The fourth-order valence-electron chi connectivity index (χ4n) is 1.73. The summed E-state index contributed by atoms with van der Waals surface area (Å²) in [5.41, 5.74) is 1.25. The molecule has 0 aliphatic carbocycles. The standard InChI is InChI=1S/C13H11ClO4S/c1-18-13-6-5-10(14)8-12(13)9-3-2-4-11(7-9)19(15,16)17/h2-8H,1H3,(H,15,16,17). The van der Waals surface area contributed by atoms with Crippen molar-refractivity contribution < 1.29 is 17.7 Å². The van der Waals surface area contributed by atoms with Gasteiger partial charge in [-0.05, 0) is 35.9 Å². The van der Waals surface area contributed by atoms with Gasteiger partial charge in [0.2, 0.25) is 0 Å². The highest BCUT2D eigenvalue weighted by Crippen LogP contribution is 2.33. The summed E-state index contributed by atoms with van der Waals surface area (Å²) in [6.07, 6.45) is 0. The van der Waals surface area contributed by atoms with Crippen molar-refractivity contribution in [1.82, 2.24) is 0 Å². The zero-order valence-corrected chi connectivity index (χ0v) is 11.6. The van der Waals surface area contributed by atoms with E-state index in [0.29, 0.717) is 21.9 Å². The fourth-order valence-corrected chi connectivity index (χ4v) is 2.43. The lowest BCUT2D eigenvalue weighted by Gasteiger charge is -2.09. The molecule has 2 aromatic rings. The first kappa shape index (κ1) is 13.9. The van der Waals surface area contributed by atoms with Crippen molar-refractivity contribution in [3.05, 3.63) is 47.5 Å². The van der Waals surface area contributed by atoms with E-state index in [1.165, 1.54) is 19.2 Å². The molecule has 0 atom stereocenters. The molecule has 0 saturated heterocycles. The quantitative estimate of drug-likeness (QED) is 0.883. The van der Waals surface area contributed by atoms with Gasteiger partial charge in [0.25, 0.3) is 10.1 Å². The van der Waals surface area contributed by atoms with Gasteiger partial charge in [-0.3, -0.25) is 4.55 Å². The highest BCUT2D eigenvalue weighted by molar-refractivity contribution is 7.85. The first-order valence-corrected chi connectivity index (χ1v) is 7.15. The Morgan fingerprint density at radius 2 is 1.89 bits per heavy atom. The van der Waals surface area contributed by atoms with Gasteiger partial charge in [0, 0.05) is 10.6 Å². The Hall–Kier alpha value is -1.56. The van der Waals surface area contributed by atoms with Crippen LogP contribution in [-0.2, 0) is 10.1 Å². The average Bonchev–Trinajstić information content (AvgIpc) is 2.38. The summed E-state index contributed by atoms with van der Waals surface area (Å²) in [6, 6.07) is 11.0.